The lowest BCUT2D eigenvalue weighted by Gasteiger charge is -2.12. The van der Waals surface area contributed by atoms with Gasteiger partial charge in [0.2, 0.25) is 0 Å². The fourth-order valence-electron chi connectivity index (χ4n) is 1.63. The van der Waals surface area contributed by atoms with Gasteiger partial charge in [-0.15, -0.1) is 0 Å². The van der Waals surface area contributed by atoms with Gasteiger partial charge in [0, 0.05) is 0 Å². The van der Waals surface area contributed by atoms with E-state index in [0.29, 0.717) is 0 Å². The maximum atomic E-state index is 13.3. The standard InChI is InChI=1S/C13H10ClF2NO3S/c1-20-12-5-2-8(15)6-13(12)21(18,19)17-9-3-4-11(16)10(14)7-9/h2-7,17H,1H3. The van der Waals surface area contributed by atoms with Crippen molar-refractivity contribution in [1.82, 2.24) is 0 Å². The van der Waals surface area contributed by atoms with Gasteiger partial charge in [-0.3, -0.25) is 4.72 Å². The van der Waals surface area contributed by atoms with E-state index in [-0.39, 0.29) is 21.4 Å². The van der Waals surface area contributed by atoms with Gasteiger partial charge >= 0.3 is 0 Å². The Kier molecular flexibility index (Phi) is 4.34. The second kappa shape index (κ2) is 5.87. The maximum Gasteiger partial charge on any atom is 0.265 e. The van der Waals surface area contributed by atoms with Crippen LogP contribution in [0.3, 0.4) is 0 Å². The number of rotatable bonds is 4. The number of anilines is 1. The van der Waals surface area contributed by atoms with Crippen LogP contribution in [0.5, 0.6) is 5.75 Å². The summed E-state index contributed by atoms with van der Waals surface area (Å²) in [5.74, 6) is -1.42. The highest BCUT2D eigenvalue weighted by molar-refractivity contribution is 7.92. The minimum atomic E-state index is -4.10. The molecule has 2 aromatic rings. The van der Waals surface area contributed by atoms with Crippen LogP contribution >= 0.6 is 11.6 Å². The molecule has 4 nitrogen and oxygen atoms in total. The molecule has 0 heterocycles. The molecule has 0 saturated carbocycles. The number of hydrogen-bond donors (Lipinski definition) is 1. The van der Waals surface area contributed by atoms with Crippen molar-refractivity contribution in [2.24, 2.45) is 0 Å². The first-order valence-electron chi connectivity index (χ1n) is 5.65. The number of sulfonamides is 1. The van der Waals surface area contributed by atoms with Gasteiger partial charge < -0.3 is 4.74 Å². The van der Waals surface area contributed by atoms with Gasteiger partial charge in [0.05, 0.1) is 17.8 Å². The Morgan fingerprint density at radius 2 is 1.86 bits per heavy atom. The van der Waals surface area contributed by atoms with Crippen molar-refractivity contribution in [2.75, 3.05) is 11.8 Å². The van der Waals surface area contributed by atoms with Crippen LogP contribution in [-0.2, 0) is 10.0 Å². The number of halogens is 3. The highest BCUT2D eigenvalue weighted by Crippen LogP contribution is 2.27. The molecule has 0 spiro atoms. The zero-order chi connectivity index (χ0) is 15.6. The van der Waals surface area contributed by atoms with Crippen molar-refractivity contribution in [3.8, 4) is 5.75 Å². The van der Waals surface area contributed by atoms with Crippen LogP contribution in [0.4, 0.5) is 14.5 Å². The summed E-state index contributed by atoms with van der Waals surface area (Å²) in [5, 5.41) is -0.235. The summed E-state index contributed by atoms with van der Waals surface area (Å²) in [6.45, 7) is 0. The lowest BCUT2D eigenvalue weighted by atomic mass is 10.3. The first-order chi connectivity index (χ1) is 9.83. The molecule has 0 aromatic heterocycles. The molecule has 0 aliphatic rings. The first-order valence-corrected chi connectivity index (χ1v) is 7.51. The van der Waals surface area contributed by atoms with Gasteiger partial charge in [0.1, 0.15) is 22.3 Å². The molecule has 0 fully saturated rings. The van der Waals surface area contributed by atoms with E-state index >= 15 is 0 Å². The average molecular weight is 334 g/mol. The van der Waals surface area contributed by atoms with E-state index in [4.69, 9.17) is 16.3 Å². The molecule has 2 aromatic carbocycles. The molecule has 0 aliphatic heterocycles. The van der Waals surface area contributed by atoms with Crippen LogP contribution in [-0.4, -0.2) is 15.5 Å². The third kappa shape index (κ3) is 3.43. The highest BCUT2D eigenvalue weighted by atomic mass is 35.5. The largest absolute Gasteiger partial charge is 0.495 e. The highest BCUT2D eigenvalue weighted by Gasteiger charge is 2.21. The monoisotopic (exact) mass is 333 g/mol. The number of nitrogens with one attached hydrogen (secondary N) is 1. The third-order valence-corrected chi connectivity index (χ3v) is 4.28. The number of hydrogen-bond acceptors (Lipinski definition) is 3. The van der Waals surface area contributed by atoms with Gasteiger partial charge in [0.25, 0.3) is 10.0 Å². The second-order valence-corrected chi connectivity index (χ2v) is 6.09. The van der Waals surface area contributed by atoms with Gasteiger partial charge in [-0.2, -0.15) is 0 Å². The zero-order valence-electron chi connectivity index (χ0n) is 10.7. The van der Waals surface area contributed by atoms with Crippen LogP contribution in [0.2, 0.25) is 5.02 Å². The predicted molar refractivity (Wildman–Crippen MR) is 75.2 cm³/mol. The quantitative estimate of drug-likeness (QED) is 0.932. The van der Waals surface area contributed by atoms with Crippen molar-refractivity contribution >= 4 is 27.3 Å². The molecule has 2 rings (SSSR count). The summed E-state index contributed by atoms with van der Waals surface area (Å²) in [4.78, 5) is -0.370. The van der Waals surface area contributed by atoms with Crippen LogP contribution in [0.15, 0.2) is 41.3 Å². The van der Waals surface area contributed by atoms with Crippen LogP contribution in [0.1, 0.15) is 0 Å². The number of methoxy groups -OCH3 is 1. The van der Waals surface area contributed by atoms with Gasteiger partial charge in [-0.25, -0.2) is 17.2 Å². The Bertz CT molecular complexity index is 781. The Labute approximate surface area is 125 Å². The van der Waals surface area contributed by atoms with Crippen molar-refractivity contribution in [2.45, 2.75) is 4.90 Å². The van der Waals surface area contributed by atoms with Gasteiger partial charge in [0.15, 0.2) is 0 Å². The van der Waals surface area contributed by atoms with Crippen LogP contribution in [0.25, 0.3) is 0 Å². The third-order valence-electron chi connectivity index (χ3n) is 2.59. The smallest absolute Gasteiger partial charge is 0.265 e. The van der Waals surface area contributed by atoms with Crippen LogP contribution < -0.4 is 9.46 Å². The minimum Gasteiger partial charge on any atom is -0.495 e. The summed E-state index contributed by atoms with van der Waals surface area (Å²) in [7, 11) is -2.84. The van der Waals surface area contributed by atoms with E-state index in [2.05, 4.69) is 4.72 Å². The molecule has 112 valence electrons. The van der Waals surface area contributed by atoms with E-state index < -0.39 is 21.7 Å². The van der Waals surface area contributed by atoms with Crippen molar-refractivity contribution in [3.05, 3.63) is 53.1 Å². The molecule has 21 heavy (non-hydrogen) atoms. The molecule has 0 saturated heterocycles. The Morgan fingerprint density at radius 3 is 2.48 bits per heavy atom. The SMILES string of the molecule is COc1ccc(F)cc1S(=O)(=O)Nc1ccc(F)c(Cl)c1. The van der Waals surface area contributed by atoms with Crippen molar-refractivity contribution < 1.29 is 21.9 Å². The Hall–Kier alpha value is -1.86. The minimum absolute atomic E-state index is 0.0166. The number of benzene rings is 2. The predicted octanol–water partition coefficient (Wildman–Crippen LogP) is 3.43. The molecule has 0 atom stereocenters. The van der Waals surface area contributed by atoms with E-state index in [1.165, 1.54) is 19.2 Å². The summed E-state index contributed by atoms with van der Waals surface area (Å²) < 4.78 is 57.8. The topological polar surface area (TPSA) is 55.4 Å². The second-order valence-electron chi connectivity index (χ2n) is 4.03. The van der Waals surface area contributed by atoms with E-state index in [9.17, 15) is 17.2 Å². The zero-order valence-corrected chi connectivity index (χ0v) is 12.3. The molecule has 0 aliphatic carbocycles. The summed E-state index contributed by atoms with van der Waals surface area (Å²) in [5.41, 5.74) is 0.0488. The van der Waals surface area contributed by atoms with E-state index in [1.54, 1.807) is 0 Å². The first kappa shape index (κ1) is 15.5. The van der Waals surface area contributed by atoms with Crippen molar-refractivity contribution in [3.63, 3.8) is 0 Å². The summed E-state index contributed by atoms with van der Waals surface area (Å²) in [6.07, 6.45) is 0. The Morgan fingerprint density at radius 1 is 1.14 bits per heavy atom. The number of ether oxygens (including phenoxy) is 1. The van der Waals surface area contributed by atoms with Crippen LogP contribution in [0, 0.1) is 11.6 Å². The average Bonchev–Trinajstić information content (AvgIpc) is 2.42. The summed E-state index contributed by atoms with van der Waals surface area (Å²) in [6, 6.07) is 6.42. The normalized spacial score (nSPS) is 11.2. The molecular formula is C13H10ClF2NO3S. The fraction of sp³-hybridized carbons (Fsp3) is 0.0769. The lowest BCUT2D eigenvalue weighted by Crippen LogP contribution is -2.14. The Balaban J connectivity index is 2.42. The van der Waals surface area contributed by atoms with E-state index in [0.717, 1.165) is 24.3 Å². The summed E-state index contributed by atoms with van der Waals surface area (Å²) >= 11 is 5.58. The molecular weight excluding hydrogens is 324 g/mol. The molecule has 0 unspecified atom stereocenters. The maximum absolute atomic E-state index is 13.3. The molecule has 0 radical (unpaired) electrons. The lowest BCUT2D eigenvalue weighted by molar-refractivity contribution is 0.401. The van der Waals surface area contributed by atoms with Crippen molar-refractivity contribution in [1.29, 1.82) is 0 Å². The molecule has 1 N–H and O–H groups in total. The van der Waals surface area contributed by atoms with Gasteiger partial charge in [-0.05, 0) is 36.4 Å². The van der Waals surface area contributed by atoms with Gasteiger partial charge in [-0.1, -0.05) is 11.6 Å². The molecule has 8 heteroatoms. The van der Waals surface area contributed by atoms with E-state index in [1.807, 2.05) is 0 Å². The molecule has 0 amide bonds. The fourth-order valence-corrected chi connectivity index (χ4v) is 3.04. The molecule has 0 bridgehead atoms.